The number of phosphoric acid groups is 1. The number of aliphatic hydroxyl groups is 1. The molecule has 410 valence electrons. The van der Waals surface area contributed by atoms with Gasteiger partial charge in [0.2, 0.25) is 5.91 Å². The first-order valence-corrected chi connectivity index (χ1v) is 30.6. The van der Waals surface area contributed by atoms with E-state index in [1.807, 2.05) is 27.2 Å². The maximum atomic E-state index is 13.0. The number of carbonyl (C=O) groups is 1. The molecule has 3 unspecified atom stereocenters. The molecule has 0 saturated carbocycles. The molecule has 3 N–H and O–H groups in total. The van der Waals surface area contributed by atoms with Crippen molar-refractivity contribution in [3.63, 3.8) is 0 Å². The van der Waals surface area contributed by atoms with Crippen molar-refractivity contribution in [2.24, 2.45) is 0 Å². The maximum Gasteiger partial charge on any atom is 0.472 e. The van der Waals surface area contributed by atoms with Crippen LogP contribution >= 0.6 is 7.82 Å². The molecule has 0 aromatic heterocycles. The number of hydrogen-bond acceptors (Lipinski definition) is 5. The fourth-order valence-electron chi connectivity index (χ4n) is 8.02. The Morgan fingerprint density at radius 3 is 1.24 bits per heavy atom. The maximum absolute atomic E-state index is 13.0. The van der Waals surface area contributed by atoms with Crippen LogP contribution in [0.15, 0.2) is 97.2 Å². The van der Waals surface area contributed by atoms with Crippen molar-refractivity contribution in [1.29, 1.82) is 0 Å². The summed E-state index contributed by atoms with van der Waals surface area (Å²) < 4.78 is 23.7. The molecule has 0 aromatic carbocycles. The Labute approximate surface area is 439 Å². The summed E-state index contributed by atoms with van der Waals surface area (Å²) in [5, 5.41) is 13.9. The zero-order chi connectivity index (χ0) is 52.0. The summed E-state index contributed by atoms with van der Waals surface area (Å²) in [6.45, 7) is 4.70. The molecule has 0 fully saturated rings. The molecular weight excluding hydrogens is 900 g/mol. The van der Waals surface area contributed by atoms with Crippen LogP contribution in [0.1, 0.15) is 239 Å². The lowest BCUT2D eigenvalue weighted by molar-refractivity contribution is -0.870. The molecule has 0 saturated heterocycles. The number of nitrogens with one attached hydrogen (secondary N) is 1. The Bertz CT molecular complexity index is 1470. The van der Waals surface area contributed by atoms with E-state index in [4.69, 9.17) is 9.05 Å². The van der Waals surface area contributed by atoms with E-state index in [1.165, 1.54) is 122 Å². The number of hydrogen-bond donors (Lipinski definition) is 3. The van der Waals surface area contributed by atoms with Crippen LogP contribution in [0, 0.1) is 0 Å². The van der Waals surface area contributed by atoms with Crippen molar-refractivity contribution in [3.05, 3.63) is 97.2 Å². The minimum atomic E-state index is -4.36. The molecule has 1 amide bonds. The van der Waals surface area contributed by atoms with Gasteiger partial charge >= 0.3 is 7.82 Å². The van der Waals surface area contributed by atoms with Gasteiger partial charge in [-0.1, -0.05) is 252 Å². The van der Waals surface area contributed by atoms with Crippen molar-refractivity contribution in [2.45, 2.75) is 251 Å². The summed E-state index contributed by atoms with van der Waals surface area (Å²) in [5.74, 6) is -0.191. The molecule has 0 aliphatic carbocycles. The molecule has 8 nitrogen and oxygen atoms in total. The third-order valence-corrected chi connectivity index (χ3v) is 13.5. The number of likely N-dealkylation sites (N-methyl/N-ethyl adjacent to an activating group) is 1. The average molecular weight is 1010 g/mol. The summed E-state index contributed by atoms with van der Waals surface area (Å²) in [7, 11) is 1.55. The fraction of sp³-hybridized carbons (Fsp3) is 0.726. The zero-order valence-electron chi connectivity index (χ0n) is 46.7. The topological polar surface area (TPSA) is 105 Å². The molecule has 0 aliphatic heterocycles. The van der Waals surface area contributed by atoms with Crippen molar-refractivity contribution >= 4 is 13.7 Å². The lowest BCUT2D eigenvalue weighted by Crippen LogP contribution is -2.45. The number of carbonyl (C=O) groups excluding carboxylic acids is 1. The summed E-state index contributed by atoms with van der Waals surface area (Å²) in [4.78, 5) is 23.3. The molecule has 0 spiro atoms. The predicted octanol–water partition coefficient (Wildman–Crippen LogP) is 17.8. The van der Waals surface area contributed by atoms with Crippen molar-refractivity contribution in [2.75, 3.05) is 40.9 Å². The summed E-state index contributed by atoms with van der Waals surface area (Å²) in [5.41, 5.74) is 0. The van der Waals surface area contributed by atoms with Gasteiger partial charge in [0.05, 0.1) is 39.9 Å². The highest BCUT2D eigenvalue weighted by molar-refractivity contribution is 7.47. The molecule has 3 atom stereocenters. The normalized spacial score (nSPS) is 14.6. The molecule has 0 bridgehead atoms. The summed E-state index contributed by atoms with van der Waals surface area (Å²) in [6, 6.07) is -0.860. The molecule has 0 heterocycles. The molecule has 0 radical (unpaired) electrons. The van der Waals surface area contributed by atoms with Gasteiger partial charge in [-0.2, -0.15) is 0 Å². The van der Waals surface area contributed by atoms with Gasteiger partial charge in [-0.3, -0.25) is 13.8 Å². The van der Waals surface area contributed by atoms with Crippen molar-refractivity contribution in [3.8, 4) is 0 Å². The molecule has 0 aromatic rings. The fourth-order valence-corrected chi connectivity index (χ4v) is 8.76. The van der Waals surface area contributed by atoms with Crippen molar-refractivity contribution in [1.82, 2.24) is 5.32 Å². The first kappa shape index (κ1) is 68.4. The highest BCUT2D eigenvalue weighted by Gasteiger charge is 2.27. The molecule has 0 aliphatic rings. The number of quaternary nitrogens is 1. The Balaban J connectivity index is 4.27. The van der Waals surface area contributed by atoms with Gasteiger partial charge in [-0.15, -0.1) is 0 Å². The number of nitrogens with zero attached hydrogens (tertiary/aromatic N) is 1. The van der Waals surface area contributed by atoms with E-state index in [-0.39, 0.29) is 19.1 Å². The van der Waals surface area contributed by atoms with E-state index in [2.05, 4.69) is 104 Å². The highest BCUT2D eigenvalue weighted by Crippen LogP contribution is 2.43. The first-order chi connectivity index (χ1) is 34.5. The van der Waals surface area contributed by atoms with Gasteiger partial charge in [0, 0.05) is 6.42 Å². The SMILES string of the molecule is CC/C=C\C/C=C\C/C=C\C/C=C\C/C=C\C/C=C\C/C=C\CCCCCCCCCC(=O)NC(COP(=O)(O)OCC[N+](C)(C)C)C(O)/C=C/CCCCCCCCCCCCCCCCCCCC. The third-order valence-electron chi connectivity index (χ3n) is 12.6. The summed E-state index contributed by atoms with van der Waals surface area (Å²) >= 11 is 0. The highest BCUT2D eigenvalue weighted by atomic mass is 31.2. The second-order valence-electron chi connectivity index (χ2n) is 20.6. The van der Waals surface area contributed by atoms with Crippen LogP contribution in [0.2, 0.25) is 0 Å². The van der Waals surface area contributed by atoms with E-state index >= 15 is 0 Å². The van der Waals surface area contributed by atoms with Gasteiger partial charge in [-0.25, -0.2) is 4.57 Å². The quantitative estimate of drug-likeness (QED) is 0.0243. The Morgan fingerprint density at radius 1 is 0.493 bits per heavy atom. The minimum Gasteiger partial charge on any atom is -0.387 e. The number of allylic oxidation sites excluding steroid dienone is 15. The Morgan fingerprint density at radius 2 is 0.845 bits per heavy atom. The van der Waals surface area contributed by atoms with Gasteiger partial charge in [-0.05, 0) is 77.0 Å². The van der Waals surface area contributed by atoms with E-state index in [0.29, 0.717) is 17.4 Å². The van der Waals surface area contributed by atoms with Gasteiger partial charge in [0.1, 0.15) is 13.2 Å². The number of phosphoric ester groups is 1. The molecule has 0 rings (SSSR count). The van der Waals surface area contributed by atoms with Crippen LogP contribution in [0.3, 0.4) is 0 Å². The van der Waals surface area contributed by atoms with E-state index in [0.717, 1.165) is 96.3 Å². The molecule has 71 heavy (non-hydrogen) atoms. The Kier molecular flexibility index (Phi) is 50.4. The number of amides is 1. The van der Waals surface area contributed by atoms with Crippen LogP contribution in [0.5, 0.6) is 0 Å². The number of rotatable bonds is 52. The van der Waals surface area contributed by atoms with Gasteiger partial charge in [0.15, 0.2) is 0 Å². The van der Waals surface area contributed by atoms with Crippen LogP contribution < -0.4 is 5.32 Å². The average Bonchev–Trinajstić information content (AvgIpc) is 3.33. The van der Waals surface area contributed by atoms with E-state index < -0.39 is 20.0 Å². The lowest BCUT2D eigenvalue weighted by Gasteiger charge is -2.25. The first-order valence-electron chi connectivity index (χ1n) is 29.1. The standard InChI is InChI=1S/C62H111N2O6P/c1-6-8-10-12-14-16-18-20-22-24-26-28-29-30-31-32-33-34-35-36-38-40-42-44-46-48-50-52-54-56-62(66)63-60(59-70-71(67,68)69-58-57-64(3,4)5)61(65)55-53-51-49-47-45-43-41-39-37-27-25-23-21-19-17-15-13-11-9-7-2/h8,10,14,16,20,22,26,28,30-31,33-34,36,38,53,55,60-61,65H,6-7,9,11-13,15,17-19,21,23-25,27,29,32,35,37,39-52,54,56-59H2,1-5H3,(H-,63,66,67,68)/p+1/b10-8-,16-14-,22-20-,28-26-,31-30-,34-33-,38-36-,55-53+. The Hall–Kier alpha value is -2.58. The van der Waals surface area contributed by atoms with Gasteiger partial charge in [0.25, 0.3) is 0 Å². The van der Waals surface area contributed by atoms with Gasteiger partial charge < -0.3 is 19.8 Å². The lowest BCUT2D eigenvalue weighted by atomic mass is 10.0. The summed E-state index contributed by atoms with van der Waals surface area (Å²) in [6.07, 6.45) is 75.0. The second kappa shape index (κ2) is 52.3. The van der Waals surface area contributed by atoms with Crippen LogP contribution in [-0.2, 0) is 18.4 Å². The largest absolute Gasteiger partial charge is 0.472 e. The van der Waals surface area contributed by atoms with Crippen LogP contribution in [0.25, 0.3) is 0 Å². The molecular formula is C62H112N2O6P+. The third kappa shape index (κ3) is 55.0. The van der Waals surface area contributed by atoms with Crippen LogP contribution in [-0.4, -0.2) is 73.4 Å². The van der Waals surface area contributed by atoms with Crippen molar-refractivity contribution < 1.29 is 32.9 Å². The zero-order valence-corrected chi connectivity index (χ0v) is 47.6. The van der Waals surface area contributed by atoms with E-state index in [1.54, 1.807) is 6.08 Å². The van der Waals surface area contributed by atoms with E-state index in [9.17, 15) is 19.4 Å². The monoisotopic (exact) mass is 1010 g/mol. The minimum absolute atomic E-state index is 0.0545. The van der Waals surface area contributed by atoms with Crippen LogP contribution in [0.4, 0.5) is 0 Å². The number of aliphatic hydroxyl groups excluding tert-OH is 1. The smallest absolute Gasteiger partial charge is 0.387 e. The number of unbranched alkanes of at least 4 members (excludes halogenated alkanes) is 25. The predicted molar refractivity (Wildman–Crippen MR) is 309 cm³/mol. The molecule has 9 heteroatoms. The second-order valence-corrected chi connectivity index (χ2v) is 22.1.